The van der Waals surface area contributed by atoms with Crippen LogP contribution in [0.4, 0.5) is 5.13 Å². The highest BCUT2D eigenvalue weighted by atomic mass is 32.1. The van der Waals surface area contributed by atoms with Crippen LogP contribution in [0.25, 0.3) is 0 Å². The van der Waals surface area contributed by atoms with Gasteiger partial charge in [-0.15, -0.1) is 11.3 Å². The Labute approximate surface area is 121 Å². The zero-order valence-electron chi connectivity index (χ0n) is 12.8. The van der Waals surface area contributed by atoms with E-state index in [9.17, 15) is 0 Å². The lowest BCUT2D eigenvalue weighted by molar-refractivity contribution is 0.202. The predicted molar refractivity (Wildman–Crippen MR) is 83.2 cm³/mol. The highest BCUT2D eigenvalue weighted by molar-refractivity contribution is 7.15. The van der Waals surface area contributed by atoms with E-state index < -0.39 is 0 Å². The molecule has 0 aromatic carbocycles. The Bertz CT molecular complexity index is 352. The third kappa shape index (κ3) is 4.44. The summed E-state index contributed by atoms with van der Waals surface area (Å²) in [4.78, 5) is 8.28. The molecule has 1 aromatic heterocycles. The third-order valence-electron chi connectivity index (χ3n) is 3.54. The van der Waals surface area contributed by atoms with Crippen LogP contribution in [-0.4, -0.2) is 38.3 Å². The molecule has 1 heterocycles. The Balaban J connectivity index is 2.86. The number of nitrogens with zero attached hydrogens (tertiary/aromatic N) is 2. The molecule has 1 rings (SSSR count). The van der Waals surface area contributed by atoms with E-state index in [1.165, 1.54) is 4.88 Å². The van der Waals surface area contributed by atoms with E-state index in [2.05, 4.69) is 36.0 Å². The van der Waals surface area contributed by atoms with Gasteiger partial charge in [-0.1, -0.05) is 13.8 Å². The normalized spacial score (nSPS) is 12.9. The van der Waals surface area contributed by atoms with Gasteiger partial charge in [-0.2, -0.15) is 0 Å². The Morgan fingerprint density at radius 3 is 2.63 bits per heavy atom. The van der Waals surface area contributed by atoms with Gasteiger partial charge in [-0.3, -0.25) is 0 Å². The van der Waals surface area contributed by atoms with E-state index >= 15 is 0 Å². The van der Waals surface area contributed by atoms with Crippen molar-refractivity contribution >= 4 is 16.5 Å². The van der Waals surface area contributed by atoms with Gasteiger partial charge in [0.15, 0.2) is 5.13 Å². The maximum Gasteiger partial charge on any atom is 0.185 e. The quantitative estimate of drug-likeness (QED) is 0.756. The maximum absolute atomic E-state index is 5.23. The minimum Gasteiger partial charge on any atom is -0.383 e. The average molecular weight is 285 g/mol. The second kappa shape index (κ2) is 8.51. The Morgan fingerprint density at radius 1 is 1.42 bits per heavy atom. The molecule has 1 unspecified atom stereocenters. The number of thiazole rings is 1. The van der Waals surface area contributed by atoms with Crippen LogP contribution in [-0.2, 0) is 4.74 Å². The van der Waals surface area contributed by atoms with Crippen LogP contribution in [0.3, 0.4) is 0 Å². The molecule has 0 aliphatic heterocycles. The zero-order valence-corrected chi connectivity index (χ0v) is 13.6. The fourth-order valence-corrected chi connectivity index (χ4v) is 3.18. The average Bonchev–Trinajstić information content (AvgIpc) is 2.92. The van der Waals surface area contributed by atoms with Crippen LogP contribution in [0.15, 0.2) is 6.20 Å². The molecule has 0 fully saturated rings. The molecule has 5 heteroatoms. The molecule has 0 spiro atoms. The SMILES string of the molecule is CCC(CC)N(CCOC)c1ncc(C(C)NC)s1. The molecule has 0 aliphatic rings. The summed E-state index contributed by atoms with van der Waals surface area (Å²) in [6.45, 7) is 8.28. The highest BCUT2D eigenvalue weighted by Crippen LogP contribution is 2.29. The fourth-order valence-electron chi connectivity index (χ4n) is 2.11. The van der Waals surface area contributed by atoms with Crippen molar-refractivity contribution in [3.05, 3.63) is 11.1 Å². The molecule has 0 aliphatic carbocycles. The lowest BCUT2D eigenvalue weighted by atomic mass is 10.1. The van der Waals surface area contributed by atoms with Crippen molar-refractivity contribution in [1.29, 1.82) is 0 Å². The Kier molecular flexibility index (Phi) is 7.34. The molecular weight excluding hydrogens is 258 g/mol. The summed E-state index contributed by atoms with van der Waals surface area (Å²) in [7, 11) is 3.73. The summed E-state index contributed by atoms with van der Waals surface area (Å²) in [5.41, 5.74) is 0. The van der Waals surface area contributed by atoms with Crippen LogP contribution in [0.2, 0.25) is 0 Å². The number of hydrogen-bond acceptors (Lipinski definition) is 5. The summed E-state index contributed by atoms with van der Waals surface area (Å²) in [6.07, 6.45) is 4.26. The summed E-state index contributed by atoms with van der Waals surface area (Å²) >= 11 is 1.78. The molecule has 0 amide bonds. The molecule has 0 saturated heterocycles. The minimum atomic E-state index is 0.359. The number of anilines is 1. The highest BCUT2D eigenvalue weighted by Gasteiger charge is 2.19. The molecular formula is C14H27N3OS. The van der Waals surface area contributed by atoms with Gasteiger partial charge in [0.2, 0.25) is 0 Å². The van der Waals surface area contributed by atoms with Crippen LogP contribution in [0, 0.1) is 0 Å². The van der Waals surface area contributed by atoms with Crippen molar-refractivity contribution in [3.63, 3.8) is 0 Å². The molecule has 1 atom stereocenters. The van der Waals surface area contributed by atoms with Crippen molar-refractivity contribution in [2.45, 2.75) is 45.7 Å². The van der Waals surface area contributed by atoms with Gasteiger partial charge in [0.25, 0.3) is 0 Å². The summed E-state index contributed by atoms with van der Waals surface area (Å²) in [5.74, 6) is 0. The van der Waals surface area contributed by atoms with Crippen molar-refractivity contribution in [2.75, 3.05) is 32.2 Å². The number of nitrogens with one attached hydrogen (secondary N) is 1. The van der Waals surface area contributed by atoms with Crippen molar-refractivity contribution in [2.24, 2.45) is 0 Å². The third-order valence-corrected chi connectivity index (χ3v) is 4.75. The smallest absolute Gasteiger partial charge is 0.185 e. The summed E-state index contributed by atoms with van der Waals surface area (Å²) in [6, 6.07) is 0.899. The van der Waals surface area contributed by atoms with Crippen molar-refractivity contribution in [3.8, 4) is 0 Å². The van der Waals surface area contributed by atoms with Gasteiger partial charge < -0.3 is 15.0 Å². The number of hydrogen-bond donors (Lipinski definition) is 1. The molecule has 19 heavy (non-hydrogen) atoms. The van der Waals surface area contributed by atoms with Crippen LogP contribution >= 0.6 is 11.3 Å². The minimum absolute atomic E-state index is 0.359. The Morgan fingerprint density at radius 2 is 2.11 bits per heavy atom. The van der Waals surface area contributed by atoms with Crippen LogP contribution < -0.4 is 10.2 Å². The molecule has 0 bridgehead atoms. The zero-order chi connectivity index (χ0) is 14.3. The number of aromatic nitrogens is 1. The van der Waals surface area contributed by atoms with Gasteiger partial charge in [0.05, 0.1) is 6.61 Å². The molecule has 4 nitrogen and oxygen atoms in total. The Hall–Kier alpha value is -0.650. The van der Waals surface area contributed by atoms with Crippen molar-refractivity contribution < 1.29 is 4.74 Å². The standard InChI is InChI=1S/C14H27N3OS/c1-6-12(7-2)17(8-9-18-5)14-16-10-13(19-14)11(3)15-4/h10-12,15H,6-9H2,1-5H3. The number of rotatable bonds is 9. The molecule has 1 aromatic rings. The number of methoxy groups -OCH3 is 1. The maximum atomic E-state index is 5.23. The molecule has 0 radical (unpaired) electrons. The first-order valence-electron chi connectivity index (χ1n) is 7.06. The van der Waals surface area contributed by atoms with Gasteiger partial charge in [-0.05, 0) is 26.8 Å². The molecule has 0 saturated carbocycles. The monoisotopic (exact) mass is 285 g/mol. The van der Waals surface area contributed by atoms with E-state index in [0.717, 1.165) is 31.1 Å². The first-order valence-corrected chi connectivity index (χ1v) is 7.88. The molecule has 1 N–H and O–H groups in total. The van der Waals surface area contributed by atoms with Gasteiger partial charge in [0, 0.05) is 36.8 Å². The van der Waals surface area contributed by atoms with E-state index in [4.69, 9.17) is 4.74 Å². The first kappa shape index (κ1) is 16.4. The largest absolute Gasteiger partial charge is 0.383 e. The van der Waals surface area contributed by atoms with E-state index in [1.54, 1.807) is 18.4 Å². The first-order chi connectivity index (χ1) is 9.17. The van der Waals surface area contributed by atoms with E-state index in [-0.39, 0.29) is 0 Å². The van der Waals surface area contributed by atoms with Gasteiger partial charge >= 0.3 is 0 Å². The van der Waals surface area contributed by atoms with E-state index in [0.29, 0.717) is 12.1 Å². The molecule has 110 valence electrons. The lowest BCUT2D eigenvalue weighted by Crippen LogP contribution is -2.37. The van der Waals surface area contributed by atoms with Crippen LogP contribution in [0.5, 0.6) is 0 Å². The lowest BCUT2D eigenvalue weighted by Gasteiger charge is -2.30. The summed E-state index contributed by atoms with van der Waals surface area (Å²) in [5, 5.41) is 4.37. The second-order valence-electron chi connectivity index (χ2n) is 4.71. The van der Waals surface area contributed by atoms with Crippen molar-refractivity contribution in [1.82, 2.24) is 10.3 Å². The summed E-state index contributed by atoms with van der Waals surface area (Å²) < 4.78 is 5.23. The van der Waals surface area contributed by atoms with Gasteiger partial charge in [0.1, 0.15) is 0 Å². The second-order valence-corrected chi connectivity index (χ2v) is 5.75. The van der Waals surface area contributed by atoms with Crippen LogP contribution in [0.1, 0.15) is 44.5 Å². The van der Waals surface area contributed by atoms with E-state index in [1.807, 2.05) is 13.2 Å². The van der Waals surface area contributed by atoms with Gasteiger partial charge in [-0.25, -0.2) is 4.98 Å². The topological polar surface area (TPSA) is 37.4 Å². The predicted octanol–water partition coefficient (Wildman–Crippen LogP) is 3.06. The fraction of sp³-hybridized carbons (Fsp3) is 0.786. The number of ether oxygens (including phenoxy) is 1.